The SMILES string of the molecule is Cc1nc(C(=O)NCc2ccccc2F)cc(N2CCC3(CC2)OCCO3)n1. The summed E-state index contributed by atoms with van der Waals surface area (Å²) < 4.78 is 25.3. The van der Waals surface area contributed by atoms with Gasteiger partial charge in [-0.2, -0.15) is 0 Å². The molecule has 2 aromatic rings. The van der Waals surface area contributed by atoms with Crippen molar-refractivity contribution in [2.24, 2.45) is 0 Å². The van der Waals surface area contributed by atoms with Gasteiger partial charge in [-0.25, -0.2) is 14.4 Å². The summed E-state index contributed by atoms with van der Waals surface area (Å²) >= 11 is 0. The summed E-state index contributed by atoms with van der Waals surface area (Å²) in [5.41, 5.74) is 0.701. The summed E-state index contributed by atoms with van der Waals surface area (Å²) in [5, 5.41) is 2.73. The van der Waals surface area contributed by atoms with Gasteiger partial charge >= 0.3 is 0 Å². The molecule has 148 valence electrons. The number of amides is 1. The van der Waals surface area contributed by atoms with Crippen molar-refractivity contribution >= 4 is 11.7 Å². The zero-order valence-corrected chi connectivity index (χ0v) is 15.8. The second kappa shape index (κ2) is 7.81. The Morgan fingerprint density at radius 3 is 2.64 bits per heavy atom. The molecule has 3 heterocycles. The van der Waals surface area contributed by atoms with Gasteiger partial charge in [0, 0.05) is 44.1 Å². The van der Waals surface area contributed by atoms with Gasteiger partial charge in [0.05, 0.1) is 13.2 Å². The number of halogens is 1. The van der Waals surface area contributed by atoms with E-state index >= 15 is 0 Å². The highest BCUT2D eigenvalue weighted by atomic mass is 19.1. The summed E-state index contributed by atoms with van der Waals surface area (Å²) in [7, 11) is 0. The highest BCUT2D eigenvalue weighted by Crippen LogP contribution is 2.32. The number of piperidine rings is 1. The van der Waals surface area contributed by atoms with Gasteiger partial charge < -0.3 is 19.7 Å². The van der Waals surface area contributed by atoms with E-state index in [2.05, 4.69) is 20.2 Å². The number of carbonyl (C=O) groups is 1. The van der Waals surface area contributed by atoms with E-state index in [-0.39, 0.29) is 24.0 Å². The average Bonchev–Trinajstić information content (AvgIpc) is 3.15. The minimum Gasteiger partial charge on any atom is -0.356 e. The smallest absolute Gasteiger partial charge is 0.270 e. The number of benzene rings is 1. The first kappa shape index (κ1) is 18.8. The summed E-state index contributed by atoms with van der Waals surface area (Å²) in [6, 6.07) is 8.04. The monoisotopic (exact) mass is 386 g/mol. The van der Waals surface area contributed by atoms with Gasteiger partial charge in [0.15, 0.2) is 5.79 Å². The van der Waals surface area contributed by atoms with Gasteiger partial charge in [-0.15, -0.1) is 0 Å². The zero-order valence-electron chi connectivity index (χ0n) is 15.8. The first-order valence-electron chi connectivity index (χ1n) is 9.45. The van der Waals surface area contributed by atoms with E-state index in [1.807, 2.05) is 0 Å². The van der Waals surface area contributed by atoms with Crippen LogP contribution in [0.1, 0.15) is 34.7 Å². The lowest BCUT2D eigenvalue weighted by Gasteiger charge is -2.38. The average molecular weight is 386 g/mol. The van der Waals surface area contributed by atoms with Crippen LogP contribution in [0, 0.1) is 12.7 Å². The van der Waals surface area contributed by atoms with Crippen molar-refractivity contribution < 1.29 is 18.7 Å². The van der Waals surface area contributed by atoms with Gasteiger partial charge in [-0.1, -0.05) is 18.2 Å². The Bertz CT molecular complexity index is 860. The molecule has 1 aromatic carbocycles. The molecule has 2 fully saturated rings. The van der Waals surface area contributed by atoms with E-state index in [4.69, 9.17) is 9.47 Å². The van der Waals surface area contributed by atoms with Crippen LogP contribution in [0.25, 0.3) is 0 Å². The van der Waals surface area contributed by atoms with E-state index < -0.39 is 5.79 Å². The summed E-state index contributed by atoms with van der Waals surface area (Å²) in [6.45, 7) is 4.59. The minimum atomic E-state index is -0.460. The van der Waals surface area contributed by atoms with Crippen molar-refractivity contribution in [3.63, 3.8) is 0 Å². The van der Waals surface area contributed by atoms with Gasteiger partial charge in [0.25, 0.3) is 5.91 Å². The molecule has 0 unspecified atom stereocenters. The van der Waals surface area contributed by atoms with E-state index in [1.54, 1.807) is 31.2 Å². The lowest BCUT2D eigenvalue weighted by Crippen LogP contribution is -2.45. The maximum atomic E-state index is 13.7. The normalized spacial score (nSPS) is 18.4. The van der Waals surface area contributed by atoms with Crippen molar-refractivity contribution in [2.75, 3.05) is 31.2 Å². The molecule has 0 saturated carbocycles. The number of hydrogen-bond donors (Lipinski definition) is 1. The van der Waals surface area contributed by atoms with Crippen LogP contribution < -0.4 is 10.2 Å². The number of carbonyl (C=O) groups excluding carboxylic acids is 1. The molecule has 7 nitrogen and oxygen atoms in total. The third-order valence-corrected chi connectivity index (χ3v) is 5.12. The maximum absolute atomic E-state index is 13.7. The van der Waals surface area contributed by atoms with Crippen molar-refractivity contribution in [1.29, 1.82) is 0 Å². The van der Waals surface area contributed by atoms with Crippen LogP contribution in [0.15, 0.2) is 30.3 Å². The largest absolute Gasteiger partial charge is 0.356 e. The van der Waals surface area contributed by atoms with Crippen molar-refractivity contribution in [3.05, 3.63) is 53.2 Å². The fourth-order valence-corrected chi connectivity index (χ4v) is 3.60. The predicted molar refractivity (Wildman–Crippen MR) is 100 cm³/mol. The number of nitrogens with one attached hydrogen (secondary N) is 1. The minimum absolute atomic E-state index is 0.102. The molecule has 0 atom stereocenters. The number of aryl methyl sites for hydroxylation is 1. The molecule has 2 saturated heterocycles. The Labute approximate surface area is 162 Å². The molecule has 2 aliphatic rings. The number of anilines is 1. The highest BCUT2D eigenvalue weighted by molar-refractivity contribution is 5.92. The molecule has 1 N–H and O–H groups in total. The Morgan fingerprint density at radius 1 is 1.21 bits per heavy atom. The molecule has 1 spiro atoms. The highest BCUT2D eigenvalue weighted by Gasteiger charge is 2.40. The van der Waals surface area contributed by atoms with E-state index in [0.29, 0.717) is 30.4 Å². The molecule has 0 aliphatic carbocycles. The van der Waals surface area contributed by atoms with E-state index in [1.165, 1.54) is 6.07 Å². The lowest BCUT2D eigenvalue weighted by atomic mass is 10.0. The third-order valence-electron chi connectivity index (χ3n) is 5.12. The Kier molecular flexibility index (Phi) is 5.23. The fourth-order valence-electron chi connectivity index (χ4n) is 3.60. The van der Waals surface area contributed by atoms with Crippen molar-refractivity contribution in [1.82, 2.24) is 15.3 Å². The van der Waals surface area contributed by atoms with Gasteiger partial charge in [-0.05, 0) is 13.0 Å². The maximum Gasteiger partial charge on any atom is 0.270 e. The molecule has 4 rings (SSSR count). The summed E-state index contributed by atoms with van der Waals surface area (Å²) in [6.07, 6.45) is 1.51. The van der Waals surface area contributed by atoms with Crippen LogP contribution in [-0.4, -0.2) is 48.0 Å². The fraction of sp³-hybridized carbons (Fsp3) is 0.450. The van der Waals surface area contributed by atoms with Gasteiger partial charge in [0.1, 0.15) is 23.2 Å². The summed E-state index contributed by atoms with van der Waals surface area (Å²) in [4.78, 5) is 23.4. The van der Waals surface area contributed by atoms with Crippen LogP contribution in [0.2, 0.25) is 0 Å². The number of rotatable bonds is 4. The Balaban J connectivity index is 1.43. The van der Waals surface area contributed by atoms with E-state index in [9.17, 15) is 9.18 Å². The van der Waals surface area contributed by atoms with Crippen molar-refractivity contribution in [3.8, 4) is 0 Å². The molecule has 0 radical (unpaired) electrons. The number of hydrogen-bond acceptors (Lipinski definition) is 6. The summed E-state index contributed by atoms with van der Waals surface area (Å²) in [5.74, 6) is 0.0592. The topological polar surface area (TPSA) is 76.6 Å². The quantitative estimate of drug-likeness (QED) is 0.868. The molecule has 0 bridgehead atoms. The Morgan fingerprint density at radius 2 is 1.93 bits per heavy atom. The van der Waals surface area contributed by atoms with Gasteiger partial charge in [-0.3, -0.25) is 4.79 Å². The standard InChI is InChI=1S/C20H23FN4O3/c1-14-23-17(19(26)22-13-15-4-2-3-5-16(15)21)12-18(24-14)25-8-6-20(7-9-25)27-10-11-28-20/h2-5,12H,6-11,13H2,1H3,(H,22,26). The molecule has 1 amide bonds. The van der Waals surface area contributed by atoms with E-state index in [0.717, 1.165) is 25.9 Å². The molecule has 8 heteroatoms. The van der Waals surface area contributed by atoms with Gasteiger partial charge in [0.2, 0.25) is 0 Å². The lowest BCUT2D eigenvalue weighted by molar-refractivity contribution is -0.169. The molecule has 2 aliphatic heterocycles. The zero-order chi connectivity index (χ0) is 19.6. The molecular formula is C20H23FN4O3. The Hall–Kier alpha value is -2.58. The number of nitrogens with zero attached hydrogens (tertiary/aromatic N) is 3. The predicted octanol–water partition coefficient (Wildman–Crippen LogP) is 2.20. The van der Waals surface area contributed by atoms with Crippen LogP contribution >= 0.6 is 0 Å². The second-order valence-electron chi connectivity index (χ2n) is 7.03. The molecular weight excluding hydrogens is 363 g/mol. The second-order valence-corrected chi connectivity index (χ2v) is 7.03. The molecule has 1 aromatic heterocycles. The first-order valence-corrected chi connectivity index (χ1v) is 9.45. The van der Waals surface area contributed by atoms with Crippen LogP contribution in [0.5, 0.6) is 0 Å². The van der Waals surface area contributed by atoms with Crippen LogP contribution in [-0.2, 0) is 16.0 Å². The van der Waals surface area contributed by atoms with Crippen molar-refractivity contribution in [2.45, 2.75) is 32.1 Å². The number of ether oxygens (including phenoxy) is 2. The first-order chi connectivity index (χ1) is 13.5. The van der Waals surface area contributed by atoms with Crippen LogP contribution in [0.3, 0.4) is 0 Å². The molecule has 28 heavy (non-hydrogen) atoms. The third kappa shape index (κ3) is 3.98. The number of aromatic nitrogens is 2. The van der Waals surface area contributed by atoms with Crippen LogP contribution in [0.4, 0.5) is 10.2 Å².